The molecule has 2 aromatic carbocycles. The summed E-state index contributed by atoms with van der Waals surface area (Å²) in [6.07, 6.45) is 4.44. The van der Waals surface area contributed by atoms with Crippen molar-refractivity contribution < 1.29 is 23.6 Å². The molecular formula is C28H30FN5O4. The smallest absolute Gasteiger partial charge is 0.325 e. The zero-order valence-corrected chi connectivity index (χ0v) is 21.2. The molecule has 6 rings (SSSR count). The van der Waals surface area contributed by atoms with E-state index in [0.29, 0.717) is 43.0 Å². The average Bonchev–Trinajstić information content (AvgIpc) is 3.66. The summed E-state index contributed by atoms with van der Waals surface area (Å²) < 4.78 is 13.9. The number of aryl methyl sites for hydroxylation is 2. The molecule has 2 atom stereocenters. The molecular weight excluding hydrogens is 489 g/mol. The summed E-state index contributed by atoms with van der Waals surface area (Å²) in [5.41, 5.74) is 2.75. The molecule has 2 aliphatic carbocycles. The summed E-state index contributed by atoms with van der Waals surface area (Å²) in [7, 11) is 1.53. The van der Waals surface area contributed by atoms with E-state index in [1.165, 1.54) is 13.1 Å². The summed E-state index contributed by atoms with van der Waals surface area (Å²) in [5.74, 6) is -0.596. The third kappa shape index (κ3) is 4.08. The van der Waals surface area contributed by atoms with E-state index >= 15 is 0 Å². The highest BCUT2D eigenvalue weighted by Crippen LogP contribution is 2.43. The van der Waals surface area contributed by atoms with Crippen LogP contribution in [-0.2, 0) is 34.5 Å². The molecule has 2 aromatic rings. The van der Waals surface area contributed by atoms with Gasteiger partial charge in [0.1, 0.15) is 17.9 Å². The number of amides is 6. The van der Waals surface area contributed by atoms with Gasteiger partial charge in [-0.1, -0.05) is 12.1 Å². The minimum atomic E-state index is -1.21. The molecule has 10 heteroatoms. The van der Waals surface area contributed by atoms with Crippen LogP contribution in [0.4, 0.5) is 19.7 Å². The third-order valence-electron chi connectivity index (χ3n) is 8.39. The van der Waals surface area contributed by atoms with E-state index < -0.39 is 17.5 Å². The van der Waals surface area contributed by atoms with Gasteiger partial charge in [-0.05, 0) is 91.0 Å². The zero-order chi connectivity index (χ0) is 26.6. The first kappa shape index (κ1) is 24.4. The Kier molecular flexibility index (Phi) is 5.85. The first-order valence-corrected chi connectivity index (χ1v) is 13.1. The quantitative estimate of drug-likeness (QED) is 0.540. The lowest BCUT2D eigenvalue weighted by molar-refractivity contribution is -0.141. The molecule has 2 fully saturated rings. The number of nitrogens with one attached hydrogen (secondary N) is 3. The van der Waals surface area contributed by atoms with Crippen LogP contribution in [0.15, 0.2) is 36.4 Å². The minimum absolute atomic E-state index is 0.00568. The monoisotopic (exact) mass is 519 g/mol. The minimum Gasteiger partial charge on any atom is -0.341 e. The highest BCUT2D eigenvalue weighted by atomic mass is 19.1. The first-order valence-electron chi connectivity index (χ1n) is 13.1. The SMILES string of the molecule is CNC(=O)Nc1ccc2c(c1)CCC21NC(=O)N(CC(=O)N2Cc3ccc(F)cc3CC[C@@H]2C2CC2)C1=O. The lowest BCUT2D eigenvalue weighted by atomic mass is 9.91. The molecule has 1 saturated heterocycles. The average molecular weight is 520 g/mol. The summed E-state index contributed by atoms with van der Waals surface area (Å²) in [5, 5.41) is 8.09. The molecule has 4 aliphatic rings. The number of hydrogen-bond acceptors (Lipinski definition) is 4. The van der Waals surface area contributed by atoms with Crippen LogP contribution >= 0.6 is 0 Å². The lowest BCUT2D eigenvalue weighted by Gasteiger charge is -2.31. The van der Waals surface area contributed by atoms with E-state index in [1.54, 1.807) is 29.2 Å². The number of urea groups is 2. The van der Waals surface area contributed by atoms with Gasteiger partial charge in [-0.3, -0.25) is 14.5 Å². The van der Waals surface area contributed by atoms with Crippen LogP contribution in [-0.4, -0.2) is 53.3 Å². The van der Waals surface area contributed by atoms with Crippen LogP contribution in [0, 0.1) is 11.7 Å². The van der Waals surface area contributed by atoms with Crippen molar-refractivity contribution in [3.8, 4) is 0 Å². The Morgan fingerprint density at radius 3 is 2.63 bits per heavy atom. The van der Waals surface area contributed by atoms with Crippen molar-refractivity contribution in [2.75, 3.05) is 18.9 Å². The second-order valence-corrected chi connectivity index (χ2v) is 10.7. The molecule has 2 aliphatic heterocycles. The maximum Gasteiger partial charge on any atom is 0.325 e. The molecule has 1 saturated carbocycles. The Balaban J connectivity index is 1.23. The number of anilines is 1. The lowest BCUT2D eigenvalue weighted by Crippen LogP contribution is -2.48. The van der Waals surface area contributed by atoms with Gasteiger partial charge in [-0.2, -0.15) is 0 Å². The topological polar surface area (TPSA) is 111 Å². The Morgan fingerprint density at radius 2 is 1.87 bits per heavy atom. The highest BCUT2D eigenvalue weighted by molar-refractivity contribution is 6.10. The van der Waals surface area contributed by atoms with Gasteiger partial charge in [-0.15, -0.1) is 0 Å². The number of hydrogen-bond donors (Lipinski definition) is 3. The van der Waals surface area contributed by atoms with Crippen molar-refractivity contribution in [1.82, 2.24) is 20.4 Å². The van der Waals surface area contributed by atoms with Gasteiger partial charge >= 0.3 is 12.1 Å². The van der Waals surface area contributed by atoms with Gasteiger partial charge in [-0.25, -0.2) is 14.0 Å². The predicted molar refractivity (Wildman–Crippen MR) is 137 cm³/mol. The number of carbonyl (C=O) groups is 4. The Bertz CT molecular complexity index is 1360. The molecule has 0 bridgehead atoms. The Hall–Kier alpha value is -3.95. The summed E-state index contributed by atoms with van der Waals surface area (Å²) in [4.78, 5) is 55.0. The first-order chi connectivity index (χ1) is 18.3. The molecule has 0 aromatic heterocycles. The number of rotatable bonds is 4. The largest absolute Gasteiger partial charge is 0.341 e. The van der Waals surface area contributed by atoms with Gasteiger partial charge in [0.25, 0.3) is 5.91 Å². The standard InChI is InChI=1S/C28H30FN5O4/c1-30-26(37)31-21-7-8-22-18(13-21)10-11-28(22)25(36)34(27(38)32-28)15-24(35)33-14-19-4-6-20(29)12-17(19)5-9-23(33)16-2-3-16/h4,6-8,12-13,16,23H,2-3,5,9-11,14-15H2,1H3,(H,32,38)(H2,30,31,37)/t23-,28?/m1/s1. The van der Waals surface area contributed by atoms with Gasteiger partial charge in [0.05, 0.1) is 0 Å². The van der Waals surface area contributed by atoms with Crippen LogP contribution in [0.3, 0.4) is 0 Å². The number of benzene rings is 2. The number of imide groups is 1. The van der Waals surface area contributed by atoms with Crippen LogP contribution in [0.25, 0.3) is 0 Å². The molecule has 1 unspecified atom stereocenters. The van der Waals surface area contributed by atoms with Crippen molar-refractivity contribution in [3.63, 3.8) is 0 Å². The van der Waals surface area contributed by atoms with Crippen molar-refractivity contribution >= 4 is 29.6 Å². The van der Waals surface area contributed by atoms with Crippen LogP contribution in [0.1, 0.15) is 47.9 Å². The number of carbonyl (C=O) groups excluding carboxylic acids is 4. The van der Waals surface area contributed by atoms with E-state index in [9.17, 15) is 23.6 Å². The number of halogens is 1. The molecule has 38 heavy (non-hydrogen) atoms. The van der Waals surface area contributed by atoms with E-state index in [4.69, 9.17) is 0 Å². The predicted octanol–water partition coefficient (Wildman–Crippen LogP) is 3.02. The molecule has 1 spiro atoms. The van der Waals surface area contributed by atoms with Crippen LogP contribution in [0.5, 0.6) is 0 Å². The summed E-state index contributed by atoms with van der Waals surface area (Å²) in [6.45, 7) is 0.00611. The Morgan fingerprint density at radius 1 is 1.05 bits per heavy atom. The van der Waals surface area contributed by atoms with E-state index in [2.05, 4.69) is 16.0 Å². The van der Waals surface area contributed by atoms with E-state index in [1.807, 2.05) is 6.07 Å². The van der Waals surface area contributed by atoms with Crippen LogP contribution in [0.2, 0.25) is 0 Å². The Labute approximate surface area is 219 Å². The summed E-state index contributed by atoms with van der Waals surface area (Å²) in [6, 6.07) is 9.02. The second kappa shape index (κ2) is 9.11. The van der Waals surface area contributed by atoms with Gasteiger partial charge < -0.3 is 20.9 Å². The van der Waals surface area contributed by atoms with Crippen molar-refractivity contribution in [2.24, 2.45) is 5.92 Å². The fourth-order valence-corrected chi connectivity index (χ4v) is 6.28. The van der Waals surface area contributed by atoms with Crippen LogP contribution < -0.4 is 16.0 Å². The number of nitrogens with zero attached hydrogens (tertiary/aromatic N) is 2. The molecule has 9 nitrogen and oxygen atoms in total. The molecule has 198 valence electrons. The maximum atomic E-state index is 13.9. The van der Waals surface area contributed by atoms with Gasteiger partial charge in [0.15, 0.2) is 0 Å². The summed E-state index contributed by atoms with van der Waals surface area (Å²) >= 11 is 0. The third-order valence-corrected chi connectivity index (χ3v) is 8.39. The fraction of sp³-hybridized carbons (Fsp3) is 0.429. The second-order valence-electron chi connectivity index (χ2n) is 10.7. The van der Waals surface area contributed by atoms with Crippen molar-refractivity contribution in [3.05, 3.63) is 64.5 Å². The van der Waals surface area contributed by atoms with Crippen molar-refractivity contribution in [1.29, 1.82) is 0 Å². The van der Waals surface area contributed by atoms with Gasteiger partial charge in [0.2, 0.25) is 5.91 Å². The molecule has 0 radical (unpaired) electrons. The fourth-order valence-electron chi connectivity index (χ4n) is 6.28. The van der Waals surface area contributed by atoms with Gasteiger partial charge in [0, 0.05) is 25.3 Å². The molecule has 2 heterocycles. The molecule has 3 N–H and O–H groups in total. The number of fused-ring (bicyclic) bond motifs is 3. The normalized spacial score (nSPS) is 24.1. The van der Waals surface area contributed by atoms with E-state index in [0.717, 1.165) is 40.9 Å². The maximum absolute atomic E-state index is 13.9. The zero-order valence-electron chi connectivity index (χ0n) is 21.2. The molecule has 6 amide bonds. The highest BCUT2D eigenvalue weighted by Gasteiger charge is 2.56. The van der Waals surface area contributed by atoms with Crippen molar-refractivity contribution in [2.45, 2.75) is 56.7 Å². The van der Waals surface area contributed by atoms with E-state index in [-0.39, 0.29) is 30.3 Å².